The van der Waals surface area contributed by atoms with Gasteiger partial charge in [0.1, 0.15) is 10.8 Å². The Morgan fingerprint density at radius 3 is 2.28 bits per heavy atom. The first-order valence-electron chi connectivity index (χ1n) is 8.15. The smallest absolute Gasteiger partial charge is 0.279 e. The highest BCUT2D eigenvalue weighted by molar-refractivity contribution is 6.43. The van der Waals surface area contributed by atoms with Gasteiger partial charge in [-0.2, -0.15) is 0 Å². The number of carbonyl (C=O) groups is 1. The van der Waals surface area contributed by atoms with Gasteiger partial charge in [0.05, 0.1) is 26.3 Å². The highest BCUT2D eigenvalue weighted by atomic mass is 35.5. The van der Waals surface area contributed by atoms with Gasteiger partial charge in [-0.15, -0.1) is 5.10 Å². The van der Waals surface area contributed by atoms with E-state index in [-0.39, 0.29) is 16.5 Å². The topological polar surface area (TPSA) is 54.3 Å². The van der Waals surface area contributed by atoms with E-state index in [1.165, 1.54) is 5.01 Å². The number of carbonyl (C=O) groups excluding carboxylic acids is 1. The maximum Gasteiger partial charge on any atom is 0.279 e. The highest BCUT2D eigenvalue weighted by Crippen LogP contribution is 2.36. The van der Waals surface area contributed by atoms with Crippen LogP contribution in [0, 0.1) is 0 Å². The molecule has 1 amide bonds. The Labute approximate surface area is 187 Å². The summed E-state index contributed by atoms with van der Waals surface area (Å²) in [6, 6.07) is 9.96. The lowest BCUT2D eigenvalue weighted by molar-refractivity contribution is -0.112. The van der Waals surface area contributed by atoms with Crippen LogP contribution in [0.15, 0.2) is 64.3 Å². The number of rotatable bonds is 3. The molecule has 0 radical (unpaired) electrons. The summed E-state index contributed by atoms with van der Waals surface area (Å²) in [5.41, 5.74) is 0.928. The Morgan fingerprint density at radius 1 is 1.03 bits per heavy atom. The normalized spacial score (nSPS) is 15.1. The molecule has 1 heterocycles. The second kappa shape index (κ2) is 9.01. The van der Waals surface area contributed by atoms with Crippen LogP contribution in [0.1, 0.15) is 5.56 Å². The summed E-state index contributed by atoms with van der Waals surface area (Å²) < 4.78 is 5.72. The first-order valence-corrected chi connectivity index (χ1v) is 9.66. The summed E-state index contributed by atoms with van der Waals surface area (Å²) in [5, 5.41) is 7.01. The van der Waals surface area contributed by atoms with E-state index in [4.69, 9.17) is 51.1 Å². The van der Waals surface area contributed by atoms with Gasteiger partial charge in [0.2, 0.25) is 5.90 Å². The standard InChI is InChI=1S/C20H13Cl4N3O2/c1-25-20(28)18(17-11(21)5-3-6-12(17)22)14-9-10-16(26-27(14)2)29-15-8-4-7-13(23)19(15)24/h3-10H,1H2,2H3/b18-14-. The third-order valence-corrected chi connectivity index (χ3v) is 5.37. The van der Waals surface area contributed by atoms with Crippen molar-refractivity contribution in [1.29, 1.82) is 0 Å². The van der Waals surface area contributed by atoms with Gasteiger partial charge in [-0.3, -0.25) is 9.80 Å². The van der Waals surface area contributed by atoms with Crippen LogP contribution in [0.25, 0.3) is 5.57 Å². The zero-order chi connectivity index (χ0) is 21.1. The van der Waals surface area contributed by atoms with Crippen molar-refractivity contribution < 1.29 is 9.53 Å². The van der Waals surface area contributed by atoms with E-state index in [0.29, 0.717) is 32.1 Å². The van der Waals surface area contributed by atoms with Crippen LogP contribution in [-0.4, -0.2) is 30.6 Å². The van der Waals surface area contributed by atoms with Gasteiger partial charge in [0.15, 0.2) is 0 Å². The molecule has 0 aromatic heterocycles. The molecule has 2 aromatic carbocycles. The fourth-order valence-corrected chi connectivity index (χ4v) is 3.55. The van der Waals surface area contributed by atoms with Crippen LogP contribution in [0.3, 0.4) is 0 Å². The summed E-state index contributed by atoms with van der Waals surface area (Å²) in [4.78, 5) is 16.1. The molecule has 0 aliphatic carbocycles. The van der Waals surface area contributed by atoms with Gasteiger partial charge in [0, 0.05) is 18.7 Å². The molecule has 1 aliphatic rings. The molecule has 29 heavy (non-hydrogen) atoms. The van der Waals surface area contributed by atoms with Gasteiger partial charge >= 0.3 is 0 Å². The third kappa shape index (κ3) is 4.49. The molecule has 1 aliphatic heterocycles. The van der Waals surface area contributed by atoms with Crippen molar-refractivity contribution in [3.8, 4) is 5.75 Å². The van der Waals surface area contributed by atoms with Gasteiger partial charge in [-0.25, -0.2) is 4.99 Å². The number of halogens is 4. The molecular formula is C20H13Cl4N3O2. The Hall–Kier alpha value is -2.31. The number of aliphatic imine (C=N–C) groups is 1. The number of hydrogen-bond acceptors (Lipinski definition) is 4. The maximum atomic E-state index is 12.5. The number of amides is 1. The Morgan fingerprint density at radius 2 is 1.66 bits per heavy atom. The van der Waals surface area contributed by atoms with E-state index >= 15 is 0 Å². The molecule has 9 heteroatoms. The van der Waals surface area contributed by atoms with Crippen LogP contribution in [0.5, 0.6) is 5.75 Å². The molecule has 0 spiro atoms. The number of hydrazone groups is 1. The van der Waals surface area contributed by atoms with E-state index in [2.05, 4.69) is 16.8 Å². The molecule has 0 bridgehead atoms. The minimum Gasteiger partial charge on any atom is -0.436 e. The van der Waals surface area contributed by atoms with Gasteiger partial charge < -0.3 is 4.74 Å². The van der Waals surface area contributed by atoms with Crippen molar-refractivity contribution in [3.05, 3.63) is 79.9 Å². The van der Waals surface area contributed by atoms with Gasteiger partial charge in [-0.1, -0.05) is 58.5 Å². The molecule has 148 valence electrons. The Balaban J connectivity index is 2.03. The summed E-state index contributed by atoms with van der Waals surface area (Å²) in [6.45, 7) is 3.32. The van der Waals surface area contributed by atoms with E-state index in [0.717, 1.165) is 0 Å². The number of likely N-dealkylation sites (N-methyl/N-ethyl adjacent to an activating group) is 1. The lowest BCUT2D eigenvalue weighted by atomic mass is 10.0. The quantitative estimate of drug-likeness (QED) is 0.402. The number of hydrogen-bond donors (Lipinski definition) is 0. The predicted molar refractivity (Wildman–Crippen MR) is 119 cm³/mol. The largest absolute Gasteiger partial charge is 0.436 e. The average molecular weight is 469 g/mol. The van der Waals surface area contributed by atoms with Crippen LogP contribution in [-0.2, 0) is 4.79 Å². The molecule has 2 aromatic rings. The zero-order valence-electron chi connectivity index (χ0n) is 15.0. The minimum absolute atomic E-state index is 0.165. The van der Waals surface area contributed by atoms with E-state index in [1.807, 2.05) is 0 Å². The molecule has 0 N–H and O–H groups in total. The fourth-order valence-electron chi connectivity index (χ4n) is 2.63. The third-order valence-electron chi connectivity index (χ3n) is 3.94. The molecule has 0 saturated heterocycles. The maximum absolute atomic E-state index is 12.5. The highest BCUT2D eigenvalue weighted by Gasteiger charge is 2.25. The fraction of sp³-hybridized carbons (Fsp3) is 0.0500. The molecule has 5 nitrogen and oxygen atoms in total. The lowest BCUT2D eigenvalue weighted by Gasteiger charge is -2.23. The number of benzene rings is 2. The number of allylic oxidation sites excluding steroid dienone is 1. The van der Waals surface area contributed by atoms with Crippen molar-refractivity contribution in [2.45, 2.75) is 0 Å². The number of ether oxygens (including phenoxy) is 1. The average Bonchev–Trinajstić information content (AvgIpc) is 2.69. The van der Waals surface area contributed by atoms with Crippen molar-refractivity contribution >= 4 is 70.5 Å². The van der Waals surface area contributed by atoms with Crippen molar-refractivity contribution in [2.75, 3.05) is 7.05 Å². The Bertz CT molecular complexity index is 1070. The zero-order valence-corrected chi connectivity index (χ0v) is 18.0. The van der Waals surface area contributed by atoms with Crippen LogP contribution in [0.4, 0.5) is 0 Å². The van der Waals surface area contributed by atoms with Gasteiger partial charge in [0.25, 0.3) is 5.91 Å². The number of nitrogens with zero attached hydrogens (tertiary/aromatic N) is 3. The second-order valence-electron chi connectivity index (χ2n) is 5.77. The molecule has 0 atom stereocenters. The van der Waals surface area contributed by atoms with E-state index in [9.17, 15) is 4.79 Å². The molecular weight excluding hydrogens is 456 g/mol. The first-order chi connectivity index (χ1) is 13.8. The lowest BCUT2D eigenvalue weighted by Crippen LogP contribution is -2.22. The van der Waals surface area contributed by atoms with Gasteiger partial charge in [-0.05, 0) is 37.1 Å². The summed E-state index contributed by atoms with van der Waals surface area (Å²) in [5.74, 6) is -0.00501. The Kier molecular flexibility index (Phi) is 6.65. The molecule has 0 unspecified atom stereocenters. The van der Waals surface area contributed by atoms with Crippen LogP contribution in [0.2, 0.25) is 20.1 Å². The van der Waals surface area contributed by atoms with Crippen molar-refractivity contribution in [3.63, 3.8) is 0 Å². The van der Waals surface area contributed by atoms with E-state index in [1.54, 1.807) is 55.6 Å². The van der Waals surface area contributed by atoms with Crippen molar-refractivity contribution in [1.82, 2.24) is 5.01 Å². The van der Waals surface area contributed by atoms with Crippen LogP contribution >= 0.6 is 46.4 Å². The molecule has 0 saturated carbocycles. The molecule has 3 rings (SSSR count). The predicted octanol–water partition coefficient (Wildman–Crippen LogP) is 6.13. The minimum atomic E-state index is -0.594. The van der Waals surface area contributed by atoms with Crippen LogP contribution < -0.4 is 4.74 Å². The van der Waals surface area contributed by atoms with E-state index < -0.39 is 5.91 Å². The van der Waals surface area contributed by atoms with Crippen molar-refractivity contribution in [2.24, 2.45) is 10.1 Å². The summed E-state index contributed by atoms with van der Waals surface area (Å²) >= 11 is 24.8. The monoisotopic (exact) mass is 467 g/mol. The first kappa shape index (κ1) is 21.4. The summed E-state index contributed by atoms with van der Waals surface area (Å²) in [7, 11) is 1.64. The summed E-state index contributed by atoms with van der Waals surface area (Å²) in [6.07, 6.45) is 3.21. The second-order valence-corrected chi connectivity index (χ2v) is 7.37. The SMILES string of the molecule is C=NC(=O)/C(=C1/C=CC(Oc2cccc(Cl)c2Cl)=NN1C)c1c(Cl)cccc1Cl. The molecule has 0 fully saturated rings.